The highest BCUT2D eigenvalue weighted by atomic mass is 19.3. The number of amides is 1. The van der Waals surface area contributed by atoms with Crippen LogP contribution < -0.4 is 26.6 Å². The summed E-state index contributed by atoms with van der Waals surface area (Å²) in [5.74, 6) is 5.20. The molecule has 1 aromatic carbocycles. The topological polar surface area (TPSA) is 101 Å². The Morgan fingerprint density at radius 1 is 1.29 bits per heavy atom. The Balaban J connectivity index is 1.78. The number of aromatic nitrogens is 1. The van der Waals surface area contributed by atoms with Crippen molar-refractivity contribution in [1.29, 1.82) is 0 Å². The minimum atomic E-state index is -3.03. The molecule has 2 aromatic rings. The number of alkyl halides is 2. The van der Waals surface area contributed by atoms with Crippen LogP contribution in [-0.4, -0.2) is 23.5 Å². The number of pyridine rings is 1. The second-order valence-electron chi connectivity index (χ2n) is 7.21. The third-order valence-electron chi connectivity index (χ3n) is 4.79. The lowest BCUT2D eigenvalue weighted by Crippen LogP contribution is -2.44. The Morgan fingerprint density at radius 3 is 2.81 bits per heavy atom. The first-order valence-electron chi connectivity index (χ1n) is 9.77. The quantitative estimate of drug-likeness (QED) is 0.375. The fourth-order valence-corrected chi connectivity index (χ4v) is 3.62. The van der Waals surface area contributed by atoms with Crippen LogP contribution in [-0.2, 0) is 11.2 Å². The number of carbonyl (C=O) groups excluding carboxylic acids is 1. The van der Waals surface area contributed by atoms with Gasteiger partial charge >= 0.3 is 6.61 Å². The summed E-state index contributed by atoms with van der Waals surface area (Å²) in [7, 11) is 0. The smallest absolute Gasteiger partial charge is 0.387 e. The number of rotatable bonds is 8. The summed E-state index contributed by atoms with van der Waals surface area (Å²) in [4.78, 5) is 15.8. The molecule has 1 aliphatic carbocycles. The summed E-state index contributed by atoms with van der Waals surface area (Å²) in [6, 6.07) is 6.87. The van der Waals surface area contributed by atoms with Crippen LogP contribution in [0.15, 0.2) is 47.9 Å². The van der Waals surface area contributed by atoms with Crippen LogP contribution in [0, 0.1) is 5.82 Å². The van der Waals surface area contributed by atoms with Gasteiger partial charge in [0, 0.05) is 24.9 Å². The Kier molecular flexibility index (Phi) is 7.35. The molecule has 1 amide bonds. The fraction of sp³-hybridized carbons (Fsp3) is 0.333. The number of hydrogen-bond acceptors (Lipinski definition) is 6. The normalized spacial score (nSPS) is 16.3. The van der Waals surface area contributed by atoms with E-state index >= 15 is 0 Å². The minimum Gasteiger partial charge on any atom is -0.435 e. The zero-order chi connectivity index (χ0) is 22.4. The molecule has 0 saturated carbocycles. The van der Waals surface area contributed by atoms with Crippen molar-refractivity contribution in [3.05, 3.63) is 64.9 Å². The van der Waals surface area contributed by atoms with Gasteiger partial charge in [-0.25, -0.2) is 9.37 Å². The number of nitrogens with two attached hydrogens (primary N) is 1. The predicted octanol–water partition coefficient (Wildman–Crippen LogP) is 3.19. The summed E-state index contributed by atoms with van der Waals surface area (Å²) >= 11 is 0. The fourth-order valence-electron chi connectivity index (χ4n) is 3.62. The van der Waals surface area contributed by atoms with Gasteiger partial charge in [-0.15, -0.1) is 0 Å². The van der Waals surface area contributed by atoms with E-state index in [9.17, 15) is 18.0 Å². The van der Waals surface area contributed by atoms with Crippen LogP contribution >= 0.6 is 0 Å². The first-order valence-corrected chi connectivity index (χ1v) is 9.77. The van der Waals surface area contributed by atoms with E-state index in [1.165, 1.54) is 19.1 Å². The largest absolute Gasteiger partial charge is 0.435 e. The molecule has 0 fully saturated rings. The molecule has 7 nitrogen and oxygen atoms in total. The maximum Gasteiger partial charge on any atom is 0.387 e. The number of benzene rings is 1. The van der Waals surface area contributed by atoms with E-state index in [0.717, 1.165) is 36.6 Å². The van der Waals surface area contributed by atoms with E-state index in [4.69, 9.17) is 5.84 Å². The molecular formula is C21H24F3N5O2. The minimum absolute atomic E-state index is 0.149. The van der Waals surface area contributed by atoms with Gasteiger partial charge in [0.15, 0.2) is 0 Å². The molecule has 1 aliphatic rings. The van der Waals surface area contributed by atoms with Crippen LogP contribution in [0.4, 0.5) is 19.0 Å². The monoisotopic (exact) mass is 435 g/mol. The molecule has 0 aliphatic heterocycles. The second-order valence-corrected chi connectivity index (χ2v) is 7.21. The number of hydrogen-bond donors (Lipinski definition) is 4. The van der Waals surface area contributed by atoms with Crippen LogP contribution in [0.1, 0.15) is 37.3 Å². The lowest BCUT2D eigenvalue weighted by atomic mass is 9.96. The highest BCUT2D eigenvalue weighted by molar-refractivity contribution is 5.73. The summed E-state index contributed by atoms with van der Waals surface area (Å²) < 4.78 is 43.0. The van der Waals surface area contributed by atoms with E-state index in [2.05, 4.69) is 25.8 Å². The second kappa shape index (κ2) is 10.2. The summed E-state index contributed by atoms with van der Waals surface area (Å²) in [6.45, 7) is -1.58. The van der Waals surface area contributed by atoms with Gasteiger partial charge in [-0.1, -0.05) is 0 Å². The third kappa shape index (κ3) is 6.35. The molecule has 3 rings (SSSR count). The first kappa shape index (κ1) is 22.4. The van der Waals surface area contributed by atoms with Crippen molar-refractivity contribution < 1.29 is 22.7 Å². The van der Waals surface area contributed by atoms with E-state index in [1.807, 2.05) is 0 Å². The molecule has 1 heterocycles. The van der Waals surface area contributed by atoms with Gasteiger partial charge in [-0.05, 0) is 61.1 Å². The number of halogens is 3. The summed E-state index contributed by atoms with van der Waals surface area (Å²) in [5, 5.41) is 6.10. The molecule has 0 bridgehead atoms. The van der Waals surface area contributed by atoms with Crippen molar-refractivity contribution in [2.45, 2.75) is 45.3 Å². The highest BCUT2D eigenvalue weighted by Crippen LogP contribution is 2.25. The maximum absolute atomic E-state index is 13.8. The van der Waals surface area contributed by atoms with Crippen molar-refractivity contribution in [2.75, 3.05) is 5.32 Å². The zero-order valence-electron chi connectivity index (χ0n) is 16.9. The van der Waals surface area contributed by atoms with Gasteiger partial charge < -0.3 is 20.8 Å². The summed E-state index contributed by atoms with van der Waals surface area (Å²) in [6.07, 6.45) is 4.23. The maximum atomic E-state index is 13.8. The summed E-state index contributed by atoms with van der Waals surface area (Å²) in [5.41, 5.74) is 5.45. The van der Waals surface area contributed by atoms with Crippen LogP contribution in [0.25, 0.3) is 0 Å². The van der Waals surface area contributed by atoms with Crippen LogP contribution in [0.2, 0.25) is 0 Å². The molecule has 31 heavy (non-hydrogen) atoms. The molecule has 0 spiro atoms. The Morgan fingerprint density at radius 2 is 2.10 bits per heavy atom. The van der Waals surface area contributed by atoms with Gasteiger partial charge in [-0.2, -0.15) is 8.78 Å². The molecule has 1 unspecified atom stereocenters. The number of carbonyl (C=O) groups is 1. The zero-order valence-corrected chi connectivity index (χ0v) is 16.9. The molecule has 5 N–H and O–H groups in total. The number of nitrogens with one attached hydrogen (secondary N) is 3. The Hall–Kier alpha value is -3.27. The van der Waals surface area contributed by atoms with Crippen LogP contribution in [0.5, 0.6) is 5.75 Å². The Labute approximate surface area is 177 Å². The third-order valence-corrected chi connectivity index (χ3v) is 4.79. The van der Waals surface area contributed by atoms with Crippen molar-refractivity contribution >= 4 is 11.7 Å². The molecule has 166 valence electrons. The highest BCUT2D eigenvalue weighted by Gasteiger charge is 2.23. The van der Waals surface area contributed by atoms with Crippen molar-refractivity contribution in [2.24, 2.45) is 5.84 Å². The average molecular weight is 435 g/mol. The molecule has 1 aromatic heterocycles. The Bertz CT molecular complexity index is 968. The van der Waals surface area contributed by atoms with Gasteiger partial charge in [-0.3, -0.25) is 10.6 Å². The average Bonchev–Trinajstić information content (AvgIpc) is 2.67. The van der Waals surface area contributed by atoms with Gasteiger partial charge in [0.25, 0.3) is 0 Å². The molecule has 10 heteroatoms. The van der Waals surface area contributed by atoms with Crippen molar-refractivity contribution in [1.82, 2.24) is 15.7 Å². The van der Waals surface area contributed by atoms with Gasteiger partial charge in [0.05, 0.1) is 11.7 Å². The standard InChI is InChI=1S/C21H24F3N5O2/c1-12(30)27-17-3-2-4-18(20(17)29-25)28-19-10-13(5-6-26-19)7-14-8-15(22)11-16(9-14)31-21(23)24/h5-6,8-11,17,21,29H,2-4,7,25H2,1H3,(H,26,28)(H,27,30). The molecule has 1 atom stereocenters. The number of anilines is 1. The number of hydrazine groups is 1. The molecule has 0 radical (unpaired) electrons. The van der Waals surface area contributed by atoms with Crippen molar-refractivity contribution in [3.63, 3.8) is 0 Å². The first-order chi connectivity index (χ1) is 14.8. The van der Waals surface area contributed by atoms with Crippen molar-refractivity contribution in [3.8, 4) is 5.75 Å². The van der Waals surface area contributed by atoms with E-state index in [0.29, 0.717) is 23.5 Å². The van der Waals surface area contributed by atoms with E-state index < -0.39 is 12.4 Å². The van der Waals surface area contributed by atoms with Crippen LogP contribution in [0.3, 0.4) is 0 Å². The lowest BCUT2D eigenvalue weighted by molar-refractivity contribution is -0.119. The van der Waals surface area contributed by atoms with Gasteiger partial charge in [0.2, 0.25) is 5.91 Å². The number of ether oxygens (including phenoxy) is 1. The van der Waals surface area contributed by atoms with E-state index in [-0.39, 0.29) is 17.7 Å². The van der Waals surface area contributed by atoms with Gasteiger partial charge in [0.1, 0.15) is 17.4 Å². The van der Waals surface area contributed by atoms with E-state index in [1.54, 1.807) is 18.3 Å². The number of nitrogens with zero attached hydrogens (tertiary/aromatic N) is 1. The lowest BCUT2D eigenvalue weighted by Gasteiger charge is -2.29. The number of allylic oxidation sites excluding steroid dienone is 1. The molecule has 0 saturated heterocycles. The molecular weight excluding hydrogens is 411 g/mol. The SMILES string of the molecule is CC(=O)NC1CCCC(Nc2cc(Cc3cc(F)cc(OC(F)F)c3)ccn2)=C1NN. The predicted molar refractivity (Wildman–Crippen MR) is 110 cm³/mol.